The normalized spacial score (nSPS) is 19.1. The smallest absolute Gasteiger partial charge is 0.0829 e. The minimum absolute atomic E-state index is 0.284. The van der Waals surface area contributed by atoms with Crippen molar-refractivity contribution in [1.29, 1.82) is 0 Å². The standard InChI is InChI=1S/C11H12BrIO/c12-10-5-4-8(13)6-9(10)11(14)7-2-1-3-7/h4-7,11,14H,1-3H2. The predicted octanol–water partition coefficient (Wildman–Crippen LogP) is 3.89. The molecule has 1 aliphatic rings. The average Bonchev–Trinajstić information content (AvgIpc) is 2.06. The lowest BCUT2D eigenvalue weighted by Gasteiger charge is -2.31. The van der Waals surface area contributed by atoms with Gasteiger partial charge in [0, 0.05) is 8.04 Å². The number of benzene rings is 1. The third kappa shape index (κ3) is 2.14. The number of aliphatic hydroxyl groups excluding tert-OH is 1. The van der Waals surface area contributed by atoms with E-state index in [0.29, 0.717) is 5.92 Å². The zero-order valence-corrected chi connectivity index (χ0v) is 11.5. The summed E-state index contributed by atoms with van der Waals surface area (Å²) in [7, 11) is 0. The fraction of sp³-hybridized carbons (Fsp3) is 0.455. The Morgan fingerprint density at radius 3 is 2.71 bits per heavy atom. The molecule has 0 saturated heterocycles. The molecule has 14 heavy (non-hydrogen) atoms. The van der Waals surface area contributed by atoms with Crippen LogP contribution in [0, 0.1) is 9.49 Å². The predicted molar refractivity (Wildman–Crippen MR) is 69.2 cm³/mol. The maximum atomic E-state index is 10.1. The first kappa shape index (κ1) is 10.9. The van der Waals surface area contributed by atoms with Gasteiger partial charge in [-0.05, 0) is 65.1 Å². The van der Waals surface area contributed by atoms with Crippen LogP contribution < -0.4 is 0 Å². The molecular formula is C11H12BrIO. The second kappa shape index (κ2) is 4.49. The molecule has 0 heterocycles. The van der Waals surface area contributed by atoms with Crippen LogP contribution in [0.25, 0.3) is 0 Å². The van der Waals surface area contributed by atoms with E-state index in [-0.39, 0.29) is 6.10 Å². The average molecular weight is 367 g/mol. The van der Waals surface area contributed by atoms with Gasteiger partial charge in [-0.3, -0.25) is 0 Å². The summed E-state index contributed by atoms with van der Waals surface area (Å²) in [5, 5.41) is 10.1. The van der Waals surface area contributed by atoms with E-state index in [1.54, 1.807) is 0 Å². The van der Waals surface area contributed by atoms with Crippen LogP contribution in [0.4, 0.5) is 0 Å². The number of halogens is 2. The number of aliphatic hydroxyl groups is 1. The topological polar surface area (TPSA) is 20.2 Å². The highest BCUT2D eigenvalue weighted by Gasteiger charge is 2.27. The van der Waals surface area contributed by atoms with E-state index in [4.69, 9.17) is 0 Å². The molecule has 76 valence electrons. The Morgan fingerprint density at radius 1 is 1.43 bits per heavy atom. The minimum atomic E-state index is -0.284. The van der Waals surface area contributed by atoms with Gasteiger partial charge in [0.05, 0.1) is 6.10 Å². The first-order valence-electron chi connectivity index (χ1n) is 4.81. The molecule has 0 amide bonds. The van der Waals surface area contributed by atoms with Gasteiger partial charge in [-0.15, -0.1) is 0 Å². The van der Waals surface area contributed by atoms with Crippen LogP contribution in [0.15, 0.2) is 22.7 Å². The molecule has 0 bridgehead atoms. The zero-order valence-electron chi connectivity index (χ0n) is 7.71. The minimum Gasteiger partial charge on any atom is -0.388 e. The Morgan fingerprint density at radius 2 is 2.14 bits per heavy atom. The number of rotatable bonds is 2. The van der Waals surface area contributed by atoms with Crippen molar-refractivity contribution in [2.24, 2.45) is 5.92 Å². The van der Waals surface area contributed by atoms with Crippen molar-refractivity contribution in [1.82, 2.24) is 0 Å². The van der Waals surface area contributed by atoms with Crippen molar-refractivity contribution in [2.75, 3.05) is 0 Å². The van der Waals surface area contributed by atoms with Gasteiger partial charge in [0.25, 0.3) is 0 Å². The molecule has 1 atom stereocenters. The second-order valence-electron chi connectivity index (χ2n) is 3.80. The third-order valence-corrected chi connectivity index (χ3v) is 4.27. The Balaban J connectivity index is 2.24. The summed E-state index contributed by atoms with van der Waals surface area (Å²) in [6.07, 6.45) is 3.31. The highest BCUT2D eigenvalue weighted by atomic mass is 127. The molecule has 0 aromatic heterocycles. The molecule has 1 unspecified atom stereocenters. The van der Waals surface area contributed by atoms with E-state index in [2.05, 4.69) is 44.6 Å². The lowest BCUT2D eigenvalue weighted by atomic mass is 9.79. The molecule has 1 aliphatic carbocycles. The molecule has 1 aromatic rings. The summed E-state index contributed by atoms with van der Waals surface area (Å²) in [6, 6.07) is 6.12. The van der Waals surface area contributed by atoms with E-state index < -0.39 is 0 Å². The van der Waals surface area contributed by atoms with E-state index >= 15 is 0 Å². The fourth-order valence-electron chi connectivity index (χ4n) is 1.75. The molecule has 1 N–H and O–H groups in total. The van der Waals surface area contributed by atoms with E-state index in [0.717, 1.165) is 10.0 Å². The highest BCUT2D eigenvalue weighted by Crippen LogP contribution is 2.40. The second-order valence-corrected chi connectivity index (χ2v) is 5.90. The van der Waals surface area contributed by atoms with Crippen LogP contribution in [0.2, 0.25) is 0 Å². The van der Waals surface area contributed by atoms with Gasteiger partial charge in [0.1, 0.15) is 0 Å². The van der Waals surface area contributed by atoms with Gasteiger partial charge in [-0.25, -0.2) is 0 Å². The summed E-state index contributed by atoms with van der Waals surface area (Å²) in [5.41, 5.74) is 1.04. The van der Waals surface area contributed by atoms with Gasteiger partial charge in [0.2, 0.25) is 0 Å². The Kier molecular flexibility index (Phi) is 3.50. The van der Waals surface area contributed by atoms with Crippen molar-refractivity contribution in [3.63, 3.8) is 0 Å². The molecule has 2 rings (SSSR count). The molecule has 1 aromatic carbocycles. The summed E-state index contributed by atoms with van der Waals surface area (Å²) in [4.78, 5) is 0. The SMILES string of the molecule is OC(c1cc(I)ccc1Br)C1CCC1. The quantitative estimate of drug-likeness (QED) is 0.787. The van der Waals surface area contributed by atoms with E-state index in [1.807, 2.05) is 12.1 Å². The molecule has 0 aliphatic heterocycles. The van der Waals surface area contributed by atoms with Crippen molar-refractivity contribution in [3.8, 4) is 0 Å². The van der Waals surface area contributed by atoms with Crippen molar-refractivity contribution in [2.45, 2.75) is 25.4 Å². The van der Waals surface area contributed by atoms with Crippen LogP contribution in [-0.2, 0) is 0 Å². The van der Waals surface area contributed by atoms with Gasteiger partial charge in [-0.2, -0.15) is 0 Å². The number of hydrogen-bond donors (Lipinski definition) is 1. The van der Waals surface area contributed by atoms with Crippen LogP contribution in [0.1, 0.15) is 30.9 Å². The van der Waals surface area contributed by atoms with Crippen LogP contribution in [0.5, 0.6) is 0 Å². The fourth-order valence-corrected chi connectivity index (χ4v) is 2.75. The molecule has 0 spiro atoms. The van der Waals surface area contributed by atoms with Crippen LogP contribution in [0.3, 0.4) is 0 Å². The lowest BCUT2D eigenvalue weighted by molar-refractivity contribution is 0.0615. The monoisotopic (exact) mass is 366 g/mol. The van der Waals surface area contributed by atoms with Gasteiger partial charge in [-0.1, -0.05) is 22.4 Å². The third-order valence-electron chi connectivity index (χ3n) is 2.87. The van der Waals surface area contributed by atoms with Gasteiger partial charge >= 0.3 is 0 Å². The van der Waals surface area contributed by atoms with Gasteiger partial charge in [0.15, 0.2) is 0 Å². The summed E-state index contributed by atoms with van der Waals surface area (Å²) in [5.74, 6) is 0.476. The van der Waals surface area contributed by atoms with Crippen LogP contribution >= 0.6 is 38.5 Å². The van der Waals surface area contributed by atoms with E-state index in [1.165, 1.54) is 22.8 Å². The summed E-state index contributed by atoms with van der Waals surface area (Å²) < 4.78 is 2.21. The molecule has 1 fully saturated rings. The molecular weight excluding hydrogens is 355 g/mol. The maximum absolute atomic E-state index is 10.1. The molecule has 1 saturated carbocycles. The Bertz CT molecular complexity index is 336. The van der Waals surface area contributed by atoms with Crippen LogP contribution in [-0.4, -0.2) is 5.11 Å². The first-order chi connectivity index (χ1) is 6.68. The molecule has 3 heteroatoms. The zero-order chi connectivity index (χ0) is 10.1. The Hall–Kier alpha value is 0.390. The largest absolute Gasteiger partial charge is 0.388 e. The Labute approximate surface area is 106 Å². The highest BCUT2D eigenvalue weighted by molar-refractivity contribution is 14.1. The molecule has 1 nitrogen and oxygen atoms in total. The van der Waals surface area contributed by atoms with Crippen molar-refractivity contribution < 1.29 is 5.11 Å². The summed E-state index contributed by atoms with van der Waals surface area (Å²) in [6.45, 7) is 0. The summed E-state index contributed by atoms with van der Waals surface area (Å²) >= 11 is 5.77. The number of hydrogen-bond acceptors (Lipinski definition) is 1. The van der Waals surface area contributed by atoms with Crippen molar-refractivity contribution >= 4 is 38.5 Å². The first-order valence-corrected chi connectivity index (χ1v) is 6.68. The van der Waals surface area contributed by atoms with Crippen molar-refractivity contribution in [3.05, 3.63) is 31.8 Å². The van der Waals surface area contributed by atoms with E-state index in [9.17, 15) is 5.11 Å². The van der Waals surface area contributed by atoms with Gasteiger partial charge < -0.3 is 5.11 Å². The maximum Gasteiger partial charge on any atom is 0.0829 e. The lowest BCUT2D eigenvalue weighted by Crippen LogP contribution is -2.20. The molecule has 0 radical (unpaired) electrons.